The van der Waals surface area contributed by atoms with E-state index in [0.717, 1.165) is 5.56 Å². The second kappa shape index (κ2) is 7.04. The molecule has 6 heteroatoms. The summed E-state index contributed by atoms with van der Waals surface area (Å²) in [5.41, 5.74) is 6.21. The summed E-state index contributed by atoms with van der Waals surface area (Å²) < 4.78 is 28.2. The maximum absolute atomic E-state index is 12.0. The van der Waals surface area contributed by atoms with Crippen LogP contribution in [0.25, 0.3) is 0 Å². The molecule has 0 saturated carbocycles. The van der Waals surface area contributed by atoms with Gasteiger partial charge in [0.25, 0.3) is 0 Å². The first-order valence-corrected chi connectivity index (χ1v) is 5.99. The minimum absolute atomic E-state index is 0.0904. The molecule has 0 aliphatic heterocycles. The predicted octanol–water partition coefficient (Wildman–Crippen LogP) is 2.06. The number of benzene rings is 1. The Kier molecular flexibility index (Phi) is 5.69. The van der Waals surface area contributed by atoms with E-state index < -0.39 is 6.61 Å². The summed E-state index contributed by atoms with van der Waals surface area (Å²) in [4.78, 5) is 11.7. The van der Waals surface area contributed by atoms with Crippen LogP contribution in [0.4, 0.5) is 8.78 Å². The molecule has 19 heavy (non-hydrogen) atoms. The van der Waals surface area contributed by atoms with Crippen LogP contribution in [0.2, 0.25) is 0 Å². The minimum Gasteiger partial charge on any atom is -0.435 e. The number of nitrogens with one attached hydrogen (secondary N) is 1. The maximum atomic E-state index is 12.0. The second-order valence-corrected chi connectivity index (χ2v) is 4.31. The van der Waals surface area contributed by atoms with E-state index in [-0.39, 0.29) is 30.2 Å². The van der Waals surface area contributed by atoms with Crippen molar-refractivity contribution in [1.82, 2.24) is 5.32 Å². The van der Waals surface area contributed by atoms with Gasteiger partial charge in [-0.15, -0.1) is 0 Å². The fraction of sp³-hybridized carbons (Fsp3) is 0.462. The molecule has 1 rings (SSSR count). The van der Waals surface area contributed by atoms with Gasteiger partial charge in [0.2, 0.25) is 5.91 Å². The van der Waals surface area contributed by atoms with Crippen LogP contribution in [0.3, 0.4) is 0 Å². The van der Waals surface area contributed by atoms with Gasteiger partial charge in [0.05, 0.1) is 6.04 Å². The number of rotatable bonds is 6. The predicted molar refractivity (Wildman–Crippen MR) is 67.9 cm³/mol. The Morgan fingerprint density at radius 2 is 1.89 bits per heavy atom. The number of hydrogen-bond acceptors (Lipinski definition) is 3. The average molecular weight is 272 g/mol. The van der Waals surface area contributed by atoms with Crippen molar-refractivity contribution < 1.29 is 18.3 Å². The van der Waals surface area contributed by atoms with Crippen LogP contribution in [-0.2, 0) is 4.79 Å². The highest BCUT2D eigenvalue weighted by atomic mass is 19.3. The number of carbonyl (C=O) groups is 1. The number of alkyl halides is 2. The lowest BCUT2D eigenvalue weighted by atomic mass is 10.1. The van der Waals surface area contributed by atoms with Crippen molar-refractivity contribution in [3.05, 3.63) is 29.8 Å². The van der Waals surface area contributed by atoms with E-state index in [1.807, 2.05) is 6.92 Å². The van der Waals surface area contributed by atoms with Crippen molar-refractivity contribution in [3.63, 3.8) is 0 Å². The molecule has 3 N–H and O–H groups in total. The zero-order valence-electron chi connectivity index (χ0n) is 10.9. The summed E-state index contributed by atoms with van der Waals surface area (Å²) in [6, 6.07) is 5.93. The average Bonchev–Trinajstić information content (AvgIpc) is 2.37. The molecular formula is C13H18F2N2O2. The minimum atomic E-state index is -2.84. The van der Waals surface area contributed by atoms with E-state index >= 15 is 0 Å². The molecule has 2 atom stereocenters. The normalized spacial score (nSPS) is 14.0. The van der Waals surface area contributed by atoms with Gasteiger partial charge < -0.3 is 15.8 Å². The van der Waals surface area contributed by atoms with Crippen molar-refractivity contribution in [2.24, 2.45) is 11.7 Å². The molecule has 1 amide bonds. The smallest absolute Gasteiger partial charge is 0.387 e. The molecule has 2 unspecified atom stereocenters. The van der Waals surface area contributed by atoms with Gasteiger partial charge in [-0.2, -0.15) is 8.78 Å². The zero-order chi connectivity index (χ0) is 14.4. The van der Waals surface area contributed by atoms with E-state index in [0.29, 0.717) is 0 Å². The fourth-order valence-electron chi connectivity index (χ4n) is 1.48. The lowest BCUT2D eigenvalue weighted by Crippen LogP contribution is -2.34. The monoisotopic (exact) mass is 272 g/mol. The number of nitrogens with two attached hydrogens (primary N) is 1. The third-order valence-electron chi connectivity index (χ3n) is 2.77. The molecule has 0 heterocycles. The van der Waals surface area contributed by atoms with Gasteiger partial charge in [0.15, 0.2) is 0 Å². The van der Waals surface area contributed by atoms with Gasteiger partial charge in [0.1, 0.15) is 5.75 Å². The van der Waals surface area contributed by atoms with Crippen LogP contribution in [0.5, 0.6) is 5.75 Å². The van der Waals surface area contributed by atoms with E-state index in [9.17, 15) is 13.6 Å². The van der Waals surface area contributed by atoms with E-state index in [1.54, 1.807) is 19.1 Å². The number of hydrogen-bond donors (Lipinski definition) is 2. The standard InChI is InChI=1S/C13H18F2N2O2/c1-8(7-16)12(18)17-9(2)10-3-5-11(6-4-10)19-13(14)15/h3-6,8-9,13H,7,16H2,1-2H3,(H,17,18). The Bertz CT molecular complexity index is 410. The number of ether oxygens (including phenoxy) is 1. The molecule has 0 aromatic heterocycles. The lowest BCUT2D eigenvalue weighted by Gasteiger charge is -2.17. The molecule has 0 bridgehead atoms. The molecular weight excluding hydrogens is 254 g/mol. The van der Waals surface area contributed by atoms with Crippen molar-refractivity contribution >= 4 is 5.91 Å². The molecule has 0 aliphatic carbocycles. The number of halogens is 2. The first-order valence-electron chi connectivity index (χ1n) is 5.99. The second-order valence-electron chi connectivity index (χ2n) is 4.31. The van der Waals surface area contributed by atoms with E-state index in [2.05, 4.69) is 10.1 Å². The summed E-state index contributed by atoms with van der Waals surface area (Å²) in [5.74, 6) is -0.306. The van der Waals surface area contributed by atoms with Gasteiger partial charge in [-0.3, -0.25) is 4.79 Å². The van der Waals surface area contributed by atoms with Crippen LogP contribution in [0.1, 0.15) is 25.5 Å². The van der Waals surface area contributed by atoms with E-state index in [4.69, 9.17) is 5.73 Å². The van der Waals surface area contributed by atoms with Crippen LogP contribution in [0.15, 0.2) is 24.3 Å². The third kappa shape index (κ3) is 4.82. The van der Waals surface area contributed by atoms with E-state index in [1.165, 1.54) is 12.1 Å². The lowest BCUT2D eigenvalue weighted by molar-refractivity contribution is -0.124. The fourth-order valence-corrected chi connectivity index (χ4v) is 1.48. The Balaban J connectivity index is 2.62. The Morgan fingerprint density at radius 1 is 1.32 bits per heavy atom. The molecule has 1 aromatic carbocycles. The number of amides is 1. The first kappa shape index (κ1) is 15.4. The number of carbonyl (C=O) groups excluding carboxylic acids is 1. The summed E-state index contributed by atoms with van der Waals surface area (Å²) in [7, 11) is 0. The Hall–Kier alpha value is -1.69. The van der Waals surface area contributed by atoms with Crippen LogP contribution in [0, 0.1) is 5.92 Å². The Morgan fingerprint density at radius 3 is 2.37 bits per heavy atom. The van der Waals surface area contributed by atoms with Crippen LogP contribution >= 0.6 is 0 Å². The van der Waals surface area contributed by atoms with Crippen LogP contribution in [-0.4, -0.2) is 19.1 Å². The molecule has 0 radical (unpaired) electrons. The maximum Gasteiger partial charge on any atom is 0.387 e. The van der Waals surface area contributed by atoms with Gasteiger partial charge >= 0.3 is 6.61 Å². The molecule has 1 aromatic rings. The molecule has 0 aliphatic rings. The zero-order valence-corrected chi connectivity index (χ0v) is 10.9. The topological polar surface area (TPSA) is 64.4 Å². The van der Waals surface area contributed by atoms with Gasteiger partial charge in [-0.1, -0.05) is 19.1 Å². The van der Waals surface area contributed by atoms with Crippen LogP contribution < -0.4 is 15.8 Å². The van der Waals surface area contributed by atoms with Gasteiger partial charge in [0, 0.05) is 12.5 Å². The SMILES string of the molecule is CC(CN)C(=O)NC(C)c1ccc(OC(F)F)cc1. The van der Waals surface area contributed by atoms with Crippen molar-refractivity contribution in [2.45, 2.75) is 26.5 Å². The van der Waals surface area contributed by atoms with Crippen molar-refractivity contribution in [2.75, 3.05) is 6.54 Å². The molecule has 0 saturated heterocycles. The first-order chi connectivity index (χ1) is 8.93. The quantitative estimate of drug-likeness (QED) is 0.833. The van der Waals surface area contributed by atoms with Gasteiger partial charge in [-0.25, -0.2) is 0 Å². The summed E-state index contributed by atoms with van der Waals surface area (Å²) in [6.45, 7) is 0.985. The Labute approximate surface area is 110 Å². The summed E-state index contributed by atoms with van der Waals surface area (Å²) in [5, 5.41) is 2.80. The highest BCUT2D eigenvalue weighted by Gasteiger charge is 2.14. The molecule has 106 valence electrons. The third-order valence-corrected chi connectivity index (χ3v) is 2.77. The van der Waals surface area contributed by atoms with Crippen molar-refractivity contribution in [3.8, 4) is 5.75 Å². The van der Waals surface area contributed by atoms with Gasteiger partial charge in [-0.05, 0) is 24.6 Å². The molecule has 4 nitrogen and oxygen atoms in total. The van der Waals surface area contributed by atoms with Crippen molar-refractivity contribution in [1.29, 1.82) is 0 Å². The molecule has 0 spiro atoms. The highest BCUT2D eigenvalue weighted by molar-refractivity contribution is 5.78. The summed E-state index contributed by atoms with van der Waals surface area (Å²) >= 11 is 0. The molecule has 0 fully saturated rings. The highest BCUT2D eigenvalue weighted by Crippen LogP contribution is 2.19. The largest absolute Gasteiger partial charge is 0.435 e. The summed E-state index contributed by atoms with van der Waals surface area (Å²) in [6.07, 6.45) is 0.